The summed E-state index contributed by atoms with van der Waals surface area (Å²) in [5.74, 6) is 1.03. The summed E-state index contributed by atoms with van der Waals surface area (Å²) < 4.78 is 0. The van der Waals surface area contributed by atoms with Crippen LogP contribution >= 0.6 is 0 Å². The van der Waals surface area contributed by atoms with Crippen molar-refractivity contribution < 1.29 is 14.7 Å². The fourth-order valence-corrected chi connectivity index (χ4v) is 10.4. The van der Waals surface area contributed by atoms with Crippen LogP contribution in [0.2, 0.25) is 0 Å². The van der Waals surface area contributed by atoms with E-state index in [1.165, 1.54) is 0 Å². The summed E-state index contributed by atoms with van der Waals surface area (Å²) in [4.78, 5) is 25.6. The quantitative estimate of drug-likeness (QED) is 0.419. The van der Waals surface area contributed by atoms with Gasteiger partial charge in [0, 0.05) is 11.8 Å². The van der Waals surface area contributed by atoms with Crippen LogP contribution in [-0.2, 0) is 9.59 Å². The summed E-state index contributed by atoms with van der Waals surface area (Å²) >= 11 is 0. The van der Waals surface area contributed by atoms with Crippen molar-refractivity contribution in [2.75, 3.05) is 0 Å². The first-order valence-electron chi connectivity index (χ1n) is 13.6. The molecule has 184 valence electrons. The molecule has 4 fully saturated rings. The second-order valence-electron chi connectivity index (χ2n) is 14.8. The van der Waals surface area contributed by atoms with Gasteiger partial charge in [-0.3, -0.25) is 9.59 Å². The van der Waals surface area contributed by atoms with Crippen LogP contribution in [0.5, 0.6) is 0 Å². The predicted molar refractivity (Wildman–Crippen MR) is 132 cm³/mol. The molecule has 0 heterocycles. The van der Waals surface area contributed by atoms with Crippen LogP contribution in [-0.4, -0.2) is 16.9 Å². The van der Waals surface area contributed by atoms with Crippen molar-refractivity contribution in [3.05, 3.63) is 11.6 Å². The minimum absolute atomic E-state index is 0.0888. The summed E-state index contributed by atoms with van der Waals surface area (Å²) in [6.07, 6.45) is 12.3. The SMILES string of the molecule is CC1(C)CC[C@]2(C(=O)O)CC[C@]3(C)[C@H](CC=C4[C@@]5(C)CCC(=O)C(C)(C)[C@@H]5CC[C@]43C)[C@@H]2C1. The van der Waals surface area contributed by atoms with Crippen molar-refractivity contribution in [2.45, 2.75) is 113 Å². The molecule has 0 aliphatic heterocycles. The molecule has 0 saturated heterocycles. The van der Waals surface area contributed by atoms with Crippen LogP contribution < -0.4 is 0 Å². The molecule has 7 atom stereocenters. The Morgan fingerprint density at radius 2 is 1.58 bits per heavy atom. The molecule has 0 unspecified atom stereocenters. The molecule has 4 saturated carbocycles. The first kappa shape index (κ1) is 23.6. The maximum Gasteiger partial charge on any atom is 0.309 e. The first-order valence-corrected chi connectivity index (χ1v) is 13.6. The van der Waals surface area contributed by atoms with Crippen molar-refractivity contribution in [3.8, 4) is 0 Å². The number of carboxylic acid groups (broad SMARTS) is 1. The number of hydrogen-bond acceptors (Lipinski definition) is 2. The van der Waals surface area contributed by atoms with E-state index in [4.69, 9.17) is 0 Å². The number of fused-ring (bicyclic) bond motifs is 7. The Morgan fingerprint density at radius 1 is 0.909 bits per heavy atom. The Hall–Kier alpha value is -1.12. The number of aliphatic carboxylic acids is 1. The highest BCUT2D eigenvalue weighted by Crippen LogP contribution is 2.75. The maximum absolute atomic E-state index is 12.9. The molecule has 33 heavy (non-hydrogen) atoms. The number of hydrogen-bond donors (Lipinski definition) is 1. The summed E-state index contributed by atoms with van der Waals surface area (Å²) in [5.41, 5.74) is 1.41. The third kappa shape index (κ3) is 2.80. The van der Waals surface area contributed by atoms with Crippen molar-refractivity contribution in [1.82, 2.24) is 0 Å². The van der Waals surface area contributed by atoms with Crippen molar-refractivity contribution in [2.24, 2.45) is 50.2 Å². The van der Waals surface area contributed by atoms with Crippen molar-refractivity contribution in [3.63, 3.8) is 0 Å². The lowest BCUT2D eigenvalue weighted by Gasteiger charge is -2.70. The van der Waals surface area contributed by atoms with Crippen LogP contribution in [0.1, 0.15) is 113 Å². The third-order valence-corrected chi connectivity index (χ3v) is 12.8. The highest BCUT2D eigenvalue weighted by molar-refractivity contribution is 5.85. The molecule has 0 aromatic rings. The second kappa shape index (κ2) is 6.76. The zero-order valence-electron chi connectivity index (χ0n) is 22.1. The maximum atomic E-state index is 12.9. The lowest BCUT2D eigenvalue weighted by atomic mass is 9.34. The molecule has 0 bridgehead atoms. The molecular weight excluding hydrogens is 408 g/mol. The largest absolute Gasteiger partial charge is 0.481 e. The highest BCUT2D eigenvalue weighted by atomic mass is 16.4. The van der Waals surface area contributed by atoms with Gasteiger partial charge in [-0.15, -0.1) is 0 Å². The van der Waals surface area contributed by atoms with Crippen molar-refractivity contribution >= 4 is 11.8 Å². The zero-order valence-corrected chi connectivity index (χ0v) is 22.1. The zero-order chi connectivity index (χ0) is 24.2. The monoisotopic (exact) mass is 454 g/mol. The van der Waals surface area contributed by atoms with E-state index in [0.717, 1.165) is 57.8 Å². The van der Waals surface area contributed by atoms with E-state index >= 15 is 0 Å². The van der Waals surface area contributed by atoms with Crippen LogP contribution in [0.4, 0.5) is 0 Å². The van der Waals surface area contributed by atoms with Gasteiger partial charge in [-0.05, 0) is 97.2 Å². The van der Waals surface area contributed by atoms with Gasteiger partial charge in [0.2, 0.25) is 0 Å². The van der Waals surface area contributed by atoms with E-state index in [1.54, 1.807) is 5.57 Å². The van der Waals surface area contributed by atoms with E-state index in [-0.39, 0.29) is 33.0 Å². The van der Waals surface area contributed by atoms with E-state index in [0.29, 0.717) is 24.0 Å². The molecule has 5 aliphatic rings. The molecular formula is C30H46O3. The van der Waals surface area contributed by atoms with Crippen LogP contribution in [0, 0.1) is 50.2 Å². The van der Waals surface area contributed by atoms with Crippen LogP contribution in [0.25, 0.3) is 0 Å². The summed E-state index contributed by atoms with van der Waals surface area (Å²) in [5, 5.41) is 10.5. The molecule has 5 aliphatic carbocycles. The van der Waals surface area contributed by atoms with Gasteiger partial charge in [-0.25, -0.2) is 0 Å². The number of ketones is 1. The summed E-state index contributed by atoms with van der Waals surface area (Å²) in [6.45, 7) is 16.6. The summed E-state index contributed by atoms with van der Waals surface area (Å²) in [7, 11) is 0. The minimum atomic E-state index is -0.534. The standard InChI is InChI=1S/C30H46O3/c1-25(2)14-16-30(24(32)33)17-15-28(6)19(20(30)18-25)8-9-22-27(5)12-11-23(31)26(3,4)21(27)10-13-29(22,28)7/h9,19-21H,8,10-18H2,1-7H3,(H,32,33)/t19-,20+,21+,27+,28-,29-,30+/m1/s1. The van der Waals surface area contributed by atoms with Gasteiger partial charge >= 0.3 is 5.97 Å². The van der Waals surface area contributed by atoms with E-state index < -0.39 is 11.4 Å². The Labute approximate surface area is 201 Å². The predicted octanol–water partition coefficient (Wildman–Crippen LogP) is 7.44. The number of carbonyl (C=O) groups excluding carboxylic acids is 1. The second-order valence-corrected chi connectivity index (χ2v) is 14.8. The highest BCUT2D eigenvalue weighted by Gasteiger charge is 2.69. The molecule has 0 aromatic heterocycles. The molecule has 1 N–H and O–H groups in total. The smallest absolute Gasteiger partial charge is 0.309 e. The average molecular weight is 455 g/mol. The molecule has 0 spiro atoms. The minimum Gasteiger partial charge on any atom is -0.481 e. The van der Waals surface area contributed by atoms with Crippen molar-refractivity contribution in [1.29, 1.82) is 0 Å². The molecule has 3 heteroatoms. The average Bonchev–Trinajstić information content (AvgIpc) is 2.71. The fourth-order valence-electron chi connectivity index (χ4n) is 10.4. The third-order valence-electron chi connectivity index (χ3n) is 12.8. The number of allylic oxidation sites excluding steroid dienone is 2. The molecule has 3 nitrogen and oxygen atoms in total. The Morgan fingerprint density at radius 3 is 2.24 bits per heavy atom. The Kier molecular flexibility index (Phi) is 4.83. The lowest BCUT2D eigenvalue weighted by Crippen LogP contribution is -2.64. The van der Waals surface area contributed by atoms with Gasteiger partial charge in [-0.2, -0.15) is 0 Å². The van der Waals surface area contributed by atoms with E-state index in [1.807, 2.05) is 0 Å². The number of rotatable bonds is 1. The lowest BCUT2D eigenvalue weighted by molar-refractivity contribution is -0.189. The molecule has 5 rings (SSSR count). The Balaban J connectivity index is 1.60. The van der Waals surface area contributed by atoms with E-state index in [9.17, 15) is 14.7 Å². The number of Topliss-reactive ketones (excluding diaryl/α,β-unsaturated/α-hetero) is 1. The van der Waals surface area contributed by atoms with Gasteiger partial charge < -0.3 is 5.11 Å². The van der Waals surface area contributed by atoms with Gasteiger partial charge in [0.25, 0.3) is 0 Å². The molecule has 0 aromatic carbocycles. The molecule has 0 amide bonds. The van der Waals surface area contributed by atoms with Gasteiger partial charge in [0.1, 0.15) is 5.78 Å². The fraction of sp³-hybridized carbons (Fsp3) is 0.867. The van der Waals surface area contributed by atoms with Gasteiger partial charge in [0.15, 0.2) is 0 Å². The van der Waals surface area contributed by atoms with E-state index in [2.05, 4.69) is 54.5 Å². The van der Waals surface area contributed by atoms with Crippen LogP contribution in [0.3, 0.4) is 0 Å². The number of carbonyl (C=O) groups is 2. The Bertz CT molecular complexity index is 927. The normalized spacial score (nSPS) is 50.2. The molecule has 0 radical (unpaired) electrons. The topological polar surface area (TPSA) is 54.4 Å². The number of carboxylic acids is 1. The van der Waals surface area contributed by atoms with Gasteiger partial charge in [0.05, 0.1) is 5.41 Å². The first-order chi connectivity index (χ1) is 15.1. The summed E-state index contributed by atoms with van der Waals surface area (Å²) in [6, 6.07) is 0. The van der Waals surface area contributed by atoms with Gasteiger partial charge in [-0.1, -0.05) is 60.1 Å². The van der Waals surface area contributed by atoms with Crippen LogP contribution in [0.15, 0.2) is 11.6 Å².